The summed E-state index contributed by atoms with van der Waals surface area (Å²) >= 11 is 0. The van der Waals surface area contributed by atoms with Gasteiger partial charge >= 0.3 is 0 Å². The summed E-state index contributed by atoms with van der Waals surface area (Å²) in [6.45, 7) is 24.6. The van der Waals surface area contributed by atoms with Crippen LogP contribution in [0.4, 0.5) is 0 Å². The smallest absolute Gasteiger partial charge is 0.190 e. The summed E-state index contributed by atoms with van der Waals surface area (Å²) in [7, 11) is 0. The van der Waals surface area contributed by atoms with Gasteiger partial charge in [0, 0.05) is 5.92 Å². The molecule has 7 aromatic rings. The van der Waals surface area contributed by atoms with Crippen molar-refractivity contribution in [1.82, 2.24) is 0 Å². The van der Waals surface area contributed by atoms with E-state index in [1.54, 1.807) is 6.92 Å². The molecule has 0 aliphatic carbocycles. The molecular formula is C86H114O21. The maximum Gasteiger partial charge on any atom is 0.190 e. The second-order valence-electron chi connectivity index (χ2n) is 28.8. The molecular weight excluding hydrogens is 1370 g/mol. The molecule has 6 fully saturated rings. The molecule has 7 aromatic carbocycles. The lowest BCUT2D eigenvalue weighted by atomic mass is 9.89. The van der Waals surface area contributed by atoms with Crippen LogP contribution in [0.5, 0.6) is 0 Å². The first-order valence-corrected chi connectivity index (χ1v) is 37.4. The lowest BCUT2D eigenvalue weighted by Gasteiger charge is -2.43. The average Bonchev–Trinajstić information content (AvgIpc) is 1.63. The van der Waals surface area contributed by atoms with Crippen molar-refractivity contribution in [3.05, 3.63) is 251 Å². The molecule has 6 saturated heterocycles. The molecule has 13 rings (SSSR count). The molecule has 6 aliphatic heterocycles. The molecule has 0 radical (unpaired) electrons. The highest BCUT2D eigenvalue weighted by atomic mass is 16.8. The molecule has 21 nitrogen and oxygen atoms in total. The maximum atomic E-state index is 10.6. The number of hydrogen-bond acceptors (Lipinski definition) is 21. The Morgan fingerprint density at radius 1 is 0.252 bits per heavy atom. The number of rotatable bonds is 21. The SMILES string of the molecule is CC1OC(C)[C@@H](OCc2ccccc2)[C@H](OCc2ccccc2)C1C.CC1OC(O)C(O)[C@@H](O)[C@H]1O.CC1O[C@@H](C)C(O)[C@@H](O)[C@@H]1OCc1ccccc1.CC1O[C@@H](C)C(O)[C@@H](OCc2ccccc2)[C@@H]1OCc1ccccc1.CC1O[C@@H]2OC(C)(C)OC2[C@@H](OCc2ccccc2)[C@@H]1OCc1ccccc1. The molecule has 6 heterocycles. The van der Waals surface area contributed by atoms with Gasteiger partial charge in [0.25, 0.3) is 0 Å². The Morgan fingerprint density at radius 3 is 0.907 bits per heavy atom. The fraction of sp³-hybridized carbons (Fsp3) is 0.512. The first kappa shape index (κ1) is 84.7. The van der Waals surface area contributed by atoms with Gasteiger partial charge in [-0.05, 0) is 108 Å². The van der Waals surface area contributed by atoms with Crippen LogP contribution in [0.3, 0.4) is 0 Å². The van der Waals surface area contributed by atoms with E-state index < -0.39 is 73.3 Å². The lowest BCUT2D eigenvalue weighted by Crippen LogP contribution is -2.57. The molecule has 0 saturated carbocycles. The van der Waals surface area contributed by atoms with Crippen molar-refractivity contribution < 1.29 is 102 Å². The Hall–Kier alpha value is -6.30. The Labute approximate surface area is 631 Å². The van der Waals surface area contributed by atoms with Crippen molar-refractivity contribution in [1.29, 1.82) is 0 Å². The maximum absolute atomic E-state index is 10.6. The minimum atomic E-state index is -1.43. The zero-order chi connectivity index (χ0) is 76.6. The van der Waals surface area contributed by atoms with Crippen molar-refractivity contribution in [2.24, 2.45) is 5.92 Å². The van der Waals surface area contributed by atoms with Gasteiger partial charge in [0.15, 0.2) is 18.4 Å². The minimum absolute atomic E-state index is 0.00989. The van der Waals surface area contributed by atoms with Gasteiger partial charge < -0.3 is 102 Å². The molecule has 6 aliphatic rings. The second kappa shape index (κ2) is 42.2. The van der Waals surface area contributed by atoms with E-state index >= 15 is 0 Å². The molecule has 25 atom stereocenters. The van der Waals surface area contributed by atoms with Gasteiger partial charge in [0.2, 0.25) is 0 Å². The van der Waals surface area contributed by atoms with Crippen LogP contribution in [0.15, 0.2) is 212 Å². The van der Waals surface area contributed by atoms with Gasteiger partial charge in [0.05, 0.1) is 101 Å². The van der Waals surface area contributed by atoms with Gasteiger partial charge in [-0.1, -0.05) is 219 Å². The third kappa shape index (κ3) is 25.1. The van der Waals surface area contributed by atoms with Gasteiger partial charge in [-0.2, -0.15) is 0 Å². The van der Waals surface area contributed by atoms with Crippen LogP contribution in [-0.4, -0.2) is 188 Å². The van der Waals surface area contributed by atoms with E-state index in [1.807, 2.05) is 205 Å². The van der Waals surface area contributed by atoms with Crippen molar-refractivity contribution in [3.8, 4) is 0 Å². The molecule has 584 valence electrons. The summed E-state index contributed by atoms with van der Waals surface area (Å²) in [5.41, 5.74) is 7.77. The van der Waals surface area contributed by atoms with Gasteiger partial charge in [-0.25, -0.2) is 0 Å². The topological polar surface area (TPSA) is 271 Å². The summed E-state index contributed by atoms with van der Waals surface area (Å²) in [4.78, 5) is 0. The van der Waals surface area contributed by atoms with Crippen molar-refractivity contribution in [2.75, 3.05) is 0 Å². The van der Waals surface area contributed by atoms with Crippen molar-refractivity contribution >= 4 is 0 Å². The average molecular weight is 1480 g/mol. The Kier molecular flexibility index (Phi) is 33.4. The zero-order valence-electron chi connectivity index (χ0n) is 63.4. The van der Waals surface area contributed by atoms with E-state index in [0.29, 0.717) is 46.2 Å². The van der Waals surface area contributed by atoms with Crippen LogP contribution in [0.25, 0.3) is 0 Å². The summed E-state index contributed by atoms with van der Waals surface area (Å²) in [6, 6.07) is 70.5. The van der Waals surface area contributed by atoms with E-state index in [0.717, 1.165) is 27.8 Å². The van der Waals surface area contributed by atoms with E-state index in [-0.39, 0.29) is 85.3 Å². The first-order chi connectivity index (χ1) is 51.4. The summed E-state index contributed by atoms with van der Waals surface area (Å²) < 4.78 is 83.3. The normalized spacial score (nSPS) is 33.6. The fourth-order valence-corrected chi connectivity index (χ4v) is 13.6. The Morgan fingerprint density at radius 2 is 0.523 bits per heavy atom. The summed E-state index contributed by atoms with van der Waals surface area (Å²) in [6.07, 6.45) is -12.2. The molecule has 7 N–H and O–H groups in total. The van der Waals surface area contributed by atoms with Crippen molar-refractivity contribution in [3.63, 3.8) is 0 Å². The standard InChI is InChI=1S/C23H28O5.C22H28O3.C21H26O4.C14H20O4.C6H12O5/c1-16-19(24-14-17-10-6-4-7-11-17)20(25-15-18-12-8-5-9-13-18)21-22(26-16)28-23(2,3)27-21;1-16-17(2)25-18(3)22(24-15-20-12-8-5-9-13-20)21(16)23-14-19-10-6-4-7-11-19;1-15-19(22)21(24-14-18-11-7-4-8-12-18)20(16(2)25-15)23-13-17-9-5-3-6-10-17;1-9-12(15)13(16)14(10(2)18-9)17-8-11-6-4-3-5-7-11;1-2-3(7)4(8)5(9)6(10)11-2/h4-13,16,19-22H,14-15H2,1-3H3;4-13,16-18,21-22H,14-15H2,1-3H3;3-12,15-16,19-22H,13-14H2,1-2H3;3-7,9-10,12-16H,8H2,1-2H3;2-10H,1H3/t16?,19-,20+,21?,22-;16?,17?,18?,21-,22-;15-,16?,19?,20+,21+;9-,10?,12?,13+,14+;2?,3-,4-,5?,6?/m11000/s1. The Balaban J connectivity index is 0.000000159. The quantitative estimate of drug-likeness (QED) is 0.0352. The second-order valence-corrected chi connectivity index (χ2v) is 28.8. The zero-order valence-corrected chi connectivity index (χ0v) is 63.4. The third-order valence-electron chi connectivity index (χ3n) is 19.9. The Bertz CT molecular complexity index is 3410. The molecule has 0 spiro atoms. The van der Waals surface area contributed by atoms with E-state index in [4.69, 9.17) is 82.0 Å². The molecule has 12 unspecified atom stereocenters. The number of aliphatic hydroxyl groups excluding tert-OH is 7. The monoisotopic (exact) mass is 1480 g/mol. The van der Waals surface area contributed by atoms with Gasteiger partial charge in [-0.15, -0.1) is 0 Å². The highest BCUT2D eigenvalue weighted by Crippen LogP contribution is 2.40. The lowest BCUT2D eigenvalue weighted by molar-refractivity contribution is -0.277. The van der Waals surface area contributed by atoms with Crippen LogP contribution < -0.4 is 0 Å². The first-order valence-electron chi connectivity index (χ1n) is 37.4. The number of benzene rings is 7. The summed E-state index contributed by atoms with van der Waals surface area (Å²) in [5, 5.41) is 66.3. The fourth-order valence-electron chi connectivity index (χ4n) is 13.6. The van der Waals surface area contributed by atoms with Crippen LogP contribution >= 0.6 is 0 Å². The molecule has 0 aromatic heterocycles. The van der Waals surface area contributed by atoms with Crippen LogP contribution in [-0.2, 0) is 113 Å². The van der Waals surface area contributed by atoms with E-state index in [9.17, 15) is 15.3 Å². The third-order valence-corrected chi connectivity index (χ3v) is 19.9. The molecule has 21 heteroatoms. The van der Waals surface area contributed by atoms with E-state index in [1.165, 1.54) is 18.1 Å². The van der Waals surface area contributed by atoms with Crippen LogP contribution in [0.2, 0.25) is 0 Å². The predicted molar refractivity (Wildman–Crippen MR) is 401 cm³/mol. The number of ether oxygens (including phenoxy) is 14. The van der Waals surface area contributed by atoms with Crippen LogP contribution in [0.1, 0.15) is 115 Å². The van der Waals surface area contributed by atoms with Gasteiger partial charge in [-0.3, -0.25) is 0 Å². The van der Waals surface area contributed by atoms with Gasteiger partial charge in [0.1, 0.15) is 79.4 Å². The number of aliphatic hydroxyl groups is 7. The van der Waals surface area contributed by atoms with Crippen LogP contribution in [0, 0.1) is 5.92 Å². The minimum Gasteiger partial charge on any atom is -0.388 e. The highest BCUT2D eigenvalue weighted by molar-refractivity contribution is 5.19. The molecule has 0 bridgehead atoms. The molecule has 107 heavy (non-hydrogen) atoms. The number of hydrogen-bond donors (Lipinski definition) is 7. The largest absolute Gasteiger partial charge is 0.388 e. The number of fused-ring (bicyclic) bond motifs is 1. The predicted octanol–water partition coefficient (Wildman–Crippen LogP) is 10.9. The highest BCUT2D eigenvalue weighted by Gasteiger charge is 2.55. The summed E-state index contributed by atoms with van der Waals surface area (Å²) in [5.74, 6) is -0.432. The van der Waals surface area contributed by atoms with Crippen molar-refractivity contribution in [2.45, 2.75) is 275 Å². The molecule has 0 amide bonds. The van der Waals surface area contributed by atoms with E-state index in [2.05, 4.69) is 74.0 Å².